The topological polar surface area (TPSA) is 30.2 Å². The van der Waals surface area contributed by atoms with Crippen molar-refractivity contribution in [2.75, 3.05) is 0 Å². The Hall–Kier alpha value is -1.57. The van der Waals surface area contributed by atoms with Crippen LogP contribution in [0.25, 0.3) is 10.8 Å². The number of rotatable bonds is 0. The van der Waals surface area contributed by atoms with Crippen LogP contribution in [0.4, 0.5) is 0 Å². The molecule has 60 valence electrons. The zero-order valence-corrected chi connectivity index (χ0v) is 6.70. The molecule has 1 aromatic heterocycles. The molecule has 0 spiro atoms. The van der Waals surface area contributed by atoms with E-state index in [9.17, 15) is 4.79 Å². The number of fused-ring (bicyclic) bond motifs is 1. The van der Waals surface area contributed by atoms with Gasteiger partial charge in [0.1, 0.15) is 0 Å². The first-order valence-electron chi connectivity index (χ1n) is 3.76. The van der Waals surface area contributed by atoms with Gasteiger partial charge in [-0.05, 0) is 23.9 Å². The second-order valence-corrected chi connectivity index (χ2v) is 2.75. The second-order valence-electron chi connectivity index (χ2n) is 2.75. The molecule has 0 aliphatic heterocycles. The highest BCUT2D eigenvalue weighted by molar-refractivity contribution is 5.83. The Morgan fingerprint density at radius 1 is 1.25 bits per heavy atom. The molecule has 12 heavy (non-hydrogen) atoms. The summed E-state index contributed by atoms with van der Waals surface area (Å²) in [6.07, 6.45) is 1.42. The summed E-state index contributed by atoms with van der Waals surface area (Å²) in [6, 6.07) is 7.53. The van der Waals surface area contributed by atoms with Gasteiger partial charge in [-0.15, -0.1) is 0 Å². The van der Waals surface area contributed by atoms with Crippen molar-refractivity contribution in [3.05, 3.63) is 46.5 Å². The van der Waals surface area contributed by atoms with Crippen LogP contribution in [0.15, 0.2) is 39.7 Å². The Balaban J connectivity index is 3.07. The lowest BCUT2D eigenvalue weighted by atomic mass is 10.1. The smallest absolute Gasteiger partial charge is 0.343 e. The summed E-state index contributed by atoms with van der Waals surface area (Å²) >= 11 is 0. The molecule has 2 rings (SSSR count). The SMILES string of the molecule is Cc1cccc2ccoc(=O)c12. The summed E-state index contributed by atoms with van der Waals surface area (Å²) in [5, 5.41) is 1.62. The van der Waals surface area contributed by atoms with E-state index in [0.717, 1.165) is 10.9 Å². The molecule has 0 saturated heterocycles. The number of aryl methyl sites for hydroxylation is 1. The Morgan fingerprint density at radius 3 is 2.83 bits per heavy atom. The van der Waals surface area contributed by atoms with Crippen molar-refractivity contribution in [3.63, 3.8) is 0 Å². The second kappa shape index (κ2) is 2.48. The monoisotopic (exact) mass is 160 g/mol. The molecular formula is C10H8O2. The third kappa shape index (κ3) is 0.925. The summed E-state index contributed by atoms with van der Waals surface area (Å²) in [5.74, 6) is 0. The first-order chi connectivity index (χ1) is 5.79. The highest BCUT2D eigenvalue weighted by Gasteiger charge is 2.00. The first-order valence-corrected chi connectivity index (χ1v) is 3.76. The van der Waals surface area contributed by atoms with Gasteiger partial charge in [0.2, 0.25) is 0 Å². The van der Waals surface area contributed by atoms with Crippen molar-refractivity contribution in [2.24, 2.45) is 0 Å². The maximum Gasteiger partial charge on any atom is 0.343 e. The van der Waals surface area contributed by atoms with Gasteiger partial charge < -0.3 is 4.42 Å². The normalized spacial score (nSPS) is 10.4. The van der Waals surface area contributed by atoms with Crippen LogP contribution in [0.3, 0.4) is 0 Å². The third-order valence-corrected chi connectivity index (χ3v) is 1.93. The predicted molar refractivity (Wildman–Crippen MR) is 47.2 cm³/mol. The van der Waals surface area contributed by atoms with Gasteiger partial charge >= 0.3 is 5.63 Å². The molecule has 0 N–H and O–H groups in total. The summed E-state index contributed by atoms with van der Waals surface area (Å²) < 4.78 is 4.77. The molecule has 0 fully saturated rings. The van der Waals surface area contributed by atoms with E-state index in [-0.39, 0.29) is 5.63 Å². The molecule has 0 aliphatic carbocycles. The minimum absolute atomic E-state index is 0.259. The Bertz CT molecular complexity index is 463. The van der Waals surface area contributed by atoms with E-state index in [1.54, 1.807) is 6.07 Å². The summed E-state index contributed by atoms with van der Waals surface area (Å²) in [7, 11) is 0. The molecule has 0 aliphatic rings. The molecule has 0 amide bonds. The minimum atomic E-state index is -0.259. The van der Waals surface area contributed by atoms with Gasteiger partial charge in [0.15, 0.2) is 0 Å². The zero-order chi connectivity index (χ0) is 8.55. The predicted octanol–water partition coefficient (Wildman–Crippen LogP) is 2.10. The highest BCUT2D eigenvalue weighted by atomic mass is 16.4. The average molecular weight is 160 g/mol. The summed E-state index contributed by atoms with van der Waals surface area (Å²) in [5.41, 5.74) is 0.701. The van der Waals surface area contributed by atoms with E-state index in [4.69, 9.17) is 4.42 Å². The molecule has 1 aromatic carbocycles. The molecule has 2 nitrogen and oxygen atoms in total. The fraction of sp³-hybridized carbons (Fsp3) is 0.100. The molecule has 0 atom stereocenters. The fourth-order valence-electron chi connectivity index (χ4n) is 1.34. The zero-order valence-electron chi connectivity index (χ0n) is 6.70. The van der Waals surface area contributed by atoms with Gasteiger partial charge in [0, 0.05) is 0 Å². The summed E-state index contributed by atoms with van der Waals surface area (Å²) in [6.45, 7) is 1.90. The molecule has 0 radical (unpaired) electrons. The molecule has 1 heterocycles. The van der Waals surface area contributed by atoms with Gasteiger partial charge in [0.05, 0.1) is 11.6 Å². The number of benzene rings is 1. The van der Waals surface area contributed by atoms with Gasteiger partial charge in [-0.2, -0.15) is 0 Å². The van der Waals surface area contributed by atoms with E-state index >= 15 is 0 Å². The fourth-order valence-corrected chi connectivity index (χ4v) is 1.34. The van der Waals surface area contributed by atoms with Crippen molar-refractivity contribution in [3.8, 4) is 0 Å². The van der Waals surface area contributed by atoms with Crippen molar-refractivity contribution in [2.45, 2.75) is 6.92 Å². The van der Waals surface area contributed by atoms with Gasteiger partial charge in [-0.25, -0.2) is 4.79 Å². The molecule has 0 bridgehead atoms. The lowest BCUT2D eigenvalue weighted by Gasteiger charge is -1.97. The van der Waals surface area contributed by atoms with Crippen LogP contribution >= 0.6 is 0 Å². The standard InChI is InChI=1S/C10H8O2/c1-7-3-2-4-8-5-6-12-10(11)9(7)8/h2-6H,1H3. The Kier molecular flexibility index (Phi) is 1.47. The van der Waals surface area contributed by atoms with E-state index in [1.165, 1.54) is 6.26 Å². The van der Waals surface area contributed by atoms with Crippen LogP contribution in [0.5, 0.6) is 0 Å². The van der Waals surface area contributed by atoms with E-state index in [2.05, 4.69) is 0 Å². The van der Waals surface area contributed by atoms with Crippen molar-refractivity contribution in [1.82, 2.24) is 0 Å². The quantitative estimate of drug-likeness (QED) is 0.590. The molecule has 0 unspecified atom stereocenters. The van der Waals surface area contributed by atoms with Crippen LogP contribution < -0.4 is 5.63 Å². The lowest BCUT2D eigenvalue weighted by Crippen LogP contribution is -1.99. The summed E-state index contributed by atoms with van der Waals surface area (Å²) in [4.78, 5) is 11.2. The van der Waals surface area contributed by atoms with Gasteiger partial charge in [-0.1, -0.05) is 18.2 Å². The van der Waals surface area contributed by atoms with Crippen LogP contribution in [-0.4, -0.2) is 0 Å². The molecule has 0 saturated carbocycles. The van der Waals surface area contributed by atoms with Crippen LogP contribution in [-0.2, 0) is 0 Å². The van der Waals surface area contributed by atoms with Gasteiger partial charge in [0.25, 0.3) is 0 Å². The third-order valence-electron chi connectivity index (χ3n) is 1.93. The Morgan fingerprint density at radius 2 is 2.08 bits per heavy atom. The number of hydrogen-bond acceptors (Lipinski definition) is 2. The molecule has 2 heteroatoms. The van der Waals surface area contributed by atoms with Crippen molar-refractivity contribution in [1.29, 1.82) is 0 Å². The highest BCUT2D eigenvalue weighted by Crippen LogP contribution is 2.12. The molecular weight excluding hydrogens is 152 g/mol. The van der Waals surface area contributed by atoms with E-state index < -0.39 is 0 Å². The Labute approximate surface area is 69.4 Å². The first kappa shape index (κ1) is 7.10. The average Bonchev–Trinajstić information content (AvgIpc) is 2.04. The van der Waals surface area contributed by atoms with E-state index in [0.29, 0.717) is 5.39 Å². The largest absolute Gasteiger partial charge is 0.431 e. The van der Waals surface area contributed by atoms with E-state index in [1.807, 2.05) is 25.1 Å². The van der Waals surface area contributed by atoms with Crippen LogP contribution in [0.1, 0.15) is 5.56 Å². The van der Waals surface area contributed by atoms with Crippen molar-refractivity contribution >= 4 is 10.8 Å². The lowest BCUT2D eigenvalue weighted by molar-refractivity contribution is 0.519. The molecule has 2 aromatic rings. The minimum Gasteiger partial charge on any atom is -0.431 e. The van der Waals surface area contributed by atoms with Crippen LogP contribution in [0, 0.1) is 6.92 Å². The van der Waals surface area contributed by atoms with Crippen LogP contribution in [0.2, 0.25) is 0 Å². The number of hydrogen-bond donors (Lipinski definition) is 0. The van der Waals surface area contributed by atoms with Crippen molar-refractivity contribution < 1.29 is 4.42 Å². The van der Waals surface area contributed by atoms with Gasteiger partial charge in [-0.3, -0.25) is 0 Å². The maximum atomic E-state index is 11.2. The maximum absolute atomic E-state index is 11.2.